The molecule has 0 radical (unpaired) electrons. The van der Waals surface area contributed by atoms with Crippen LogP contribution in [-0.2, 0) is 0 Å². The summed E-state index contributed by atoms with van der Waals surface area (Å²) >= 11 is 0. The molecule has 5 nitrogen and oxygen atoms in total. The second kappa shape index (κ2) is 7.22. The molecule has 1 saturated heterocycles. The molecule has 2 rings (SSSR count). The first-order chi connectivity index (χ1) is 9.76. The Kier molecular flexibility index (Phi) is 5.32. The number of piperidine rings is 1. The van der Waals surface area contributed by atoms with Gasteiger partial charge in [-0.1, -0.05) is 13.8 Å². The van der Waals surface area contributed by atoms with Gasteiger partial charge in [0.25, 0.3) is 5.91 Å². The normalized spacial score (nSPS) is 18.9. The molecular formula is C15H24N4O. The Morgan fingerprint density at radius 1 is 1.35 bits per heavy atom. The number of carbonyl (C=O) groups excluding carboxylic acids is 1. The smallest absolute Gasteiger partial charge is 0.254 e. The molecule has 0 spiro atoms. The van der Waals surface area contributed by atoms with E-state index in [1.807, 2.05) is 6.92 Å². The fourth-order valence-electron chi connectivity index (χ4n) is 2.62. The topological polar surface area (TPSA) is 58.1 Å². The van der Waals surface area contributed by atoms with Gasteiger partial charge in [0.1, 0.15) is 0 Å². The zero-order valence-corrected chi connectivity index (χ0v) is 12.4. The van der Waals surface area contributed by atoms with E-state index in [2.05, 4.69) is 27.1 Å². The molecule has 1 aliphatic heterocycles. The lowest BCUT2D eigenvalue weighted by molar-refractivity contribution is 0.0953. The first-order valence-electron chi connectivity index (χ1n) is 7.63. The molecule has 1 amide bonds. The van der Waals surface area contributed by atoms with Crippen molar-refractivity contribution in [2.45, 2.75) is 52.0 Å². The predicted octanol–water partition coefficient (Wildman–Crippen LogP) is 2.39. The third-order valence-corrected chi connectivity index (χ3v) is 3.79. The number of nitrogens with zero attached hydrogens (tertiary/aromatic N) is 3. The summed E-state index contributed by atoms with van der Waals surface area (Å²) in [5, 5.41) is 2.84. The van der Waals surface area contributed by atoms with Crippen LogP contribution in [0.15, 0.2) is 12.4 Å². The molecule has 110 valence electrons. The molecule has 20 heavy (non-hydrogen) atoms. The van der Waals surface area contributed by atoms with Gasteiger partial charge < -0.3 is 10.2 Å². The predicted molar refractivity (Wildman–Crippen MR) is 79.9 cm³/mol. The molecule has 1 fully saturated rings. The molecule has 1 aliphatic rings. The van der Waals surface area contributed by atoms with E-state index >= 15 is 0 Å². The summed E-state index contributed by atoms with van der Waals surface area (Å²) in [6, 6.07) is 0.531. The summed E-state index contributed by atoms with van der Waals surface area (Å²) in [7, 11) is 0. The van der Waals surface area contributed by atoms with Crippen molar-refractivity contribution in [3.05, 3.63) is 18.0 Å². The summed E-state index contributed by atoms with van der Waals surface area (Å²) in [6.07, 6.45) is 8.99. The van der Waals surface area contributed by atoms with Crippen LogP contribution >= 0.6 is 0 Å². The molecule has 1 aromatic heterocycles. The van der Waals surface area contributed by atoms with Gasteiger partial charge in [0.05, 0.1) is 5.56 Å². The standard InChI is InChI=1S/C15H24N4O/c1-3-8-16-14(20)12-10-17-15(18-11-12)19-9-6-5-7-13(19)4-2/h10-11,13H,3-9H2,1-2H3,(H,16,20). The Labute approximate surface area is 120 Å². The lowest BCUT2D eigenvalue weighted by atomic mass is 10.0. The van der Waals surface area contributed by atoms with E-state index in [0.29, 0.717) is 18.2 Å². The fourth-order valence-corrected chi connectivity index (χ4v) is 2.62. The van der Waals surface area contributed by atoms with Crippen molar-refractivity contribution in [2.75, 3.05) is 18.0 Å². The van der Waals surface area contributed by atoms with Crippen molar-refractivity contribution in [3.63, 3.8) is 0 Å². The number of anilines is 1. The zero-order valence-electron chi connectivity index (χ0n) is 12.4. The molecule has 0 aromatic carbocycles. The van der Waals surface area contributed by atoms with Gasteiger partial charge in [0.2, 0.25) is 5.95 Å². The van der Waals surface area contributed by atoms with Gasteiger partial charge in [-0.15, -0.1) is 0 Å². The van der Waals surface area contributed by atoms with Gasteiger partial charge in [-0.25, -0.2) is 9.97 Å². The van der Waals surface area contributed by atoms with Crippen LogP contribution in [-0.4, -0.2) is 35.0 Å². The van der Waals surface area contributed by atoms with E-state index in [0.717, 1.165) is 25.3 Å². The summed E-state index contributed by atoms with van der Waals surface area (Å²) in [4.78, 5) is 22.8. The van der Waals surface area contributed by atoms with E-state index in [1.165, 1.54) is 19.3 Å². The van der Waals surface area contributed by atoms with Crippen molar-refractivity contribution < 1.29 is 4.79 Å². The SMILES string of the molecule is CCCNC(=O)c1cnc(N2CCCCC2CC)nc1. The second-order valence-corrected chi connectivity index (χ2v) is 5.28. The first kappa shape index (κ1) is 14.8. The molecule has 0 saturated carbocycles. The van der Waals surface area contributed by atoms with Crippen LogP contribution in [0.1, 0.15) is 56.3 Å². The highest BCUT2D eigenvalue weighted by atomic mass is 16.1. The number of amides is 1. The Balaban J connectivity index is 2.05. The molecule has 5 heteroatoms. The van der Waals surface area contributed by atoms with E-state index in [-0.39, 0.29) is 5.91 Å². The molecule has 2 heterocycles. The fraction of sp³-hybridized carbons (Fsp3) is 0.667. The number of aromatic nitrogens is 2. The minimum absolute atomic E-state index is 0.0934. The molecule has 0 bridgehead atoms. The average Bonchev–Trinajstić information content (AvgIpc) is 2.52. The lowest BCUT2D eigenvalue weighted by Gasteiger charge is -2.35. The summed E-state index contributed by atoms with van der Waals surface area (Å²) in [5.41, 5.74) is 0.534. The summed E-state index contributed by atoms with van der Waals surface area (Å²) in [6.45, 7) is 5.93. The number of carbonyl (C=O) groups is 1. The maximum atomic E-state index is 11.8. The first-order valence-corrected chi connectivity index (χ1v) is 7.63. The molecule has 1 aromatic rings. The molecule has 1 atom stereocenters. The number of rotatable bonds is 5. The van der Waals surface area contributed by atoms with Crippen molar-refractivity contribution in [3.8, 4) is 0 Å². The quantitative estimate of drug-likeness (QED) is 0.897. The van der Waals surface area contributed by atoms with Crippen LogP contribution < -0.4 is 10.2 Å². The maximum Gasteiger partial charge on any atom is 0.254 e. The third-order valence-electron chi connectivity index (χ3n) is 3.79. The molecule has 1 N–H and O–H groups in total. The third kappa shape index (κ3) is 3.46. The van der Waals surface area contributed by atoms with Crippen LogP contribution in [0, 0.1) is 0 Å². The van der Waals surface area contributed by atoms with Gasteiger partial charge >= 0.3 is 0 Å². The minimum atomic E-state index is -0.0934. The van der Waals surface area contributed by atoms with Crippen LogP contribution in [0.3, 0.4) is 0 Å². The highest BCUT2D eigenvalue weighted by molar-refractivity contribution is 5.93. The Hall–Kier alpha value is -1.65. The van der Waals surface area contributed by atoms with Crippen molar-refractivity contribution in [1.29, 1.82) is 0 Å². The highest BCUT2D eigenvalue weighted by Crippen LogP contribution is 2.23. The monoisotopic (exact) mass is 276 g/mol. The molecular weight excluding hydrogens is 252 g/mol. The van der Waals surface area contributed by atoms with E-state index < -0.39 is 0 Å². The van der Waals surface area contributed by atoms with Gasteiger partial charge in [-0.05, 0) is 32.1 Å². The van der Waals surface area contributed by atoms with Crippen LogP contribution in [0.2, 0.25) is 0 Å². The number of hydrogen-bond donors (Lipinski definition) is 1. The zero-order chi connectivity index (χ0) is 14.4. The maximum absolute atomic E-state index is 11.8. The van der Waals surface area contributed by atoms with E-state index in [9.17, 15) is 4.79 Å². The number of hydrogen-bond acceptors (Lipinski definition) is 4. The van der Waals surface area contributed by atoms with Gasteiger partial charge in [0, 0.05) is 31.5 Å². The van der Waals surface area contributed by atoms with E-state index in [4.69, 9.17) is 0 Å². The summed E-state index contributed by atoms with van der Waals surface area (Å²) < 4.78 is 0. The van der Waals surface area contributed by atoms with Gasteiger partial charge in [-0.2, -0.15) is 0 Å². The Bertz CT molecular complexity index is 432. The average molecular weight is 276 g/mol. The lowest BCUT2D eigenvalue weighted by Crippen LogP contribution is -2.40. The second-order valence-electron chi connectivity index (χ2n) is 5.28. The summed E-state index contributed by atoms with van der Waals surface area (Å²) in [5.74, 6) is 0.660. The highest BCUT2D eigenvalue weighted by Gasteiger charge is 2.23. The van der Waals surface area contributed by atoms with Crippen LogP contribution in [0.4, 0.5) is 5.95 Å². The molecule has 1 unspecified atom stereocenters. The Morgan fingerprint density at radius 2 is 2.10 bits per heavy atom. The van der Waals surface area contributed by atoms with Crippen molar-refractivity contribution in [2.24, 2.45) is 0 Å². The van der Waals surface area contributed by atoms with Crippen LogP contribution in [0.25, 0.3) is 0 Å². The van der Waals surface area contributed by atoms with Crippen molar-refractivity contribution in [1.82, 2.24) is 15.3 Å². The largest absolute Gasteiger partial charge is 0.352 e. The van der Waals surface area contributed by atoms with E-state index in [1.54, 1.807) is 12.4 Å². The van der Waals surface area contributed by atoms with Gasteiger partial charge in [0.15, 0.2) is 0 Å². The van der Waals surface area contributed by atoms with Crippen LogP contribution in [0.5, 0.6) is 0 Å². The minimum Gasteiger partial charge on any atom is -0.352 e. The van der Waals surface area contributed by atoms with Crippen molar-refractivity contribution >= 4 is 11.9 Å². The molecule has 0 aliphatic carbocycles. The van der Waals surface area contributed by atoms with Gasteiger partial charge in [-0.3, -0.25) is 4.79 Å². The number of nitrogens with one attached hydrogen (secondary N) is 1. The Morgan fingerprint density at radius 3 is 2.75 bits per heavy atom.